The van der Waals surface area contributed by atoms with E-state index in [1.165, 1.54) is 34.0 Å². The van der Waals surface area contributed by atoms with Crippen LogP contribution in [0.3, 0.4) is 0 Å². The van der Waals surface area contributed by atoms with Crippen LogP contribution in [-0.2, 0) is 28.2 Å². The van der Waals surface area contributed by atoms with Crippen LogP contribution >= 0.6 is 0 Å². The van der Waals surface area contributed by atoms with Gasteiger partial charge in [-0.2, -0.15) is 13.7 Å². The molecule has 5 heterocycles. The summed E-state index contributed by atoms with van der Waals surface area (Å²) >= 11 is 0. The summed E-state index contributed by atoms with van der Waals surface area (Å²) in [6.45, 7) is 6.53. The summed E-state index contributed by atoms with van der Waals surface area (Å²) in [5.41, 5.74) is 11.0. The fraction of sp³-hybridized carbons (Fsp3) is 0.406. The van der Waals surface area contributed by atoms with Crippen molar-refractivity contribution in [3.05, 3.63) is 89.0 Å². The Morgan fingerprint density at radius 3 is 1.74 bits per heavy atom. The van der Waals surface area contributed by atoms with Gasteiger partial charge in [-0.05, 0) is 42.2 Å². The molecule has 1 aliphatic rings. The topological polar surface area (TPSA) is 34.9 Å². The molecule has 0 spiro atoms. The predicted octanol–water partition coefficient (Wildman–Crippen LogP) is 2.99. The average molecular weight is 526 g/mol. The molecular formula is C32H43N7+4. The van der Waals surface area contributed by atoms with Crippen molar-refractivity contribution < 1.29 is 18.4 Å². The van der Waals surface area contributed by atoms with Crippen LogP contribution in [-0.4, -0.2) is 29.2 Å². The number of hydrogen-bond acceptors (Lipinski definition) is 3. The van der Waals surface area contributed by atoms with E-state index in [1.807, 2.05) is 4.68 Å². The number of aromatic nitrogens is 5. The Morgan fingerprint density at radius 1 is 0.615 bits per heavy atom. The van der Waals surface area contributed by atoms with Crippen LogP contribution in [0, 0.1) is 20.8 Å². The second-order valence-electron chi connectivity index (χ2n) is 11.1. The Labute approximate surface area is 233 Å². The van der Waals surface area contributed by atoms with E-state index in [1.54, 1.807) is 0 Å². The molecule has 1 saturated heterocycles. The van der Waals surface area contributed by atoms with Gasteiger partial charge in [-0.3, -0.25) is 0 Å². The first-order valence-corrected chi connectivity index (χ1v) is 13.8. The van der Waals surface area contributed by atoms with Gasteiger partial charge in [-0.15, -0.1) is 0 Å². The van der Waals surface area contributed by atoms with Crippen molar-refractivity contribution in [2.45, 2.75) is 45.7 Å². The van der Waals surface area contributed by atoms with Gasteiger partial charge in [-0.25, -0.2) is 10.0 Å². The van der Waals surface area contributed by atoms with Crippen LogP contribution in [0.2, 0.25) is 0 Å². The highest BCUT2D eigenvalue weighted by molar-refractivity contribution is 5.48. The highest BCUT2D eigenvalue weighted by Gasteiger charge is 2.37. The number of nitrogens with zero attached hydrogens (tertiary/aromatic N) is 7. The van der Waals surface area contributed by atoms with Crippen molar-refractivity contribution in [1.82, 2.24) is 15.1 Å². The third kappa shape index (κ3) is 4.74. The maximum Gasteiger partial charge on any atom is 0.302 e. The Kier molecular flexibility index (Phi) is 7.31. The second kappa shape index (κ2) is 10.5. The molecule has 7 nitrogen and oxygen atoms in total. The van der Waals surface area contributed by atoms with E-state index >= 15 is 0 Å². The molecule has 4 aromatic heterocycles. The Bertz CT molecular complexity index is 1540. The second-order valence-corrected chi connectivity index (χ2v) is 11.1. The summed E-state index contributed by atoms with van der Waals surface area (Å²) in [4.78, 5) is 0. The number of hydrazine groups is 1. The zero-order chi connectivity index (χ0) is 28.0. The molecule has 1 aliphatic heterocycles. The number of aryl methyl sites for hydroxylation is 3. The molecule has 0 aromatic carbocycles. The molecule has 0 N–H and O–H groups in total. The largest absolute Gasteiger partial charge is 0.302 e. The Balaban J connectivity index is 1.40. The number of hydrogen-bond donors (Lipinski definition) is 0. The molecule has 2 atom stereocenters. The molecule has 0 amide bonds. The van der Waals surface area contributed by atoms with Gasteiger partial charge in [0.2, 0.25) is 0 Å². The smallest absolute Gasteiger partial charge is 0.237 e. The average Bonchev–Trinajstić information content (AvgIpc) is 2.91. The summed E-state index contributed by atoms with van der Waals surface area (Å²) in [7, 11) is 12.9. The van der Waals surface area contributed by atoms with Gasteiger partial charge in [0.15, 0.2) is 24.1 Å². The van der Waals surface area contributed by atoms with Crippen LogP contribution < -0.4 is 18.4 Å². The lowest BCUT2D eigenvalue weighted by molar-refractivity contribution is -0.733. The van der Waals surface area contributed by atoms with Crippen LogP contribution in [0.15, 0.2) is 60.7 Å². The summed E-state index contributed by atoms with van der Waals surface area (Å²) in [5, 5.41) is 9.82. The zero-order valence-electron chi connectivity index (χ0n) is 25.0. The first-order chi connectivity index (χ1) is 18.6. The minimum absolute atomic E-state index is 0.234. The van der Waals surface area contributed by atoms with Crippen molar-refractivity contribution in [1.29, 1.82) is 0 Å². The summed E-state index contributed by atoms with van der Waals surface area (Å²) < 4.78 is 8.85. The van der Waals surface area contributed by atoms with Crippen molar-refractivity contribution in [3.63, 3.8) is 0 Å². The summed E-state index contributed by atoms with van der Waals surface area (Å²) in [6, 6.07) is 22.5. The van der Waals surface area contributed by atoms with Gasteiger partial charge >= 0.3 is 5.69 Å². The third-order valence-corrected chi connectivity index (χ3v) is 9.03. The maximum atomic E-state index is 5.05. The molecule has 1 fully saturated rings. The Hall–Kier alpha value is -3.55. The van der Waals surface area contributed by atoms with E-state index in [0.29, 0.717) is 6.04 Å². The number of pyridine rings is 3. The fourth-order valence-electron chi connectivity index (χ4n) is 6.07. The molecule has 0 bridgehead atoms. The van der Waals surface area contributed by atoms with Gasteiger partial charge in [0, 0.05) is 76.8 Å². The SMILES string of the molecule is Cc1cccc(-c2ccc([C@@H]3CCC(c4ccc(-c5cccc(C)[n+]5C)[n+](C)c4C)N(C)N3C)n[n+]2C)[n+]1C. The molecule has 0 radical (unpaired) electrons. The lowest BCUT2D eigenvalue weighted by atomic mass is 9.93. The summed E-state index contributed by atoms with van der Waals surface area (Å²) in [6.07, 6.45) is 2.12. The van der Waals surface area contributed by atoms with Crippen LogP contribution in [0.1, 0.15) is 53.3 Å². The van der Waals surface area contributed by atoms with E-state index < -0.39 is 0 Å². The molecule has 39 heavy (non-hydrogen) atoms. The third-order valence-electron chi connectivity index (χ3n) is 9.03. The quantitative estimate of drug-likeness (QED) is 0.385. The van der Waals surface area contributed by atoms with Crippen molar-refractivity contribution in [2.75, 3.05) is 14.1 Å². The first kappa shape index (κ1) is 27.0. The molecule has 202 valence electrons. The van der Waals surface area contributed by atoms with Crippen molar-refractivity contribution in [3.8, 4) is 22.8 Å². The zero-order valence-corrected chi connectivity index (χ0v) is 25.0. The molecule has 5 rings (SSSR count). The van der Waals surface area contributed by atoms with Crippen LogP contribution in [0.5, 0.6) is 0 Å². The maximum absolute atomic E-state index is 5.05. The van der Waals surface area contributed by atoms with E-state index in [9.17, 15) is 0 Å². The van der Waals surface area contributed by atoms with Gasteiger partial charge in [0.05, 0.1) is 12.1 Å². The van der Waals surface area contributed by atoms with Crippen LogP contribution in [0.25, 0.3) is 22.8 Å². The predicted molar refractivity (Wildman–Crippen MR) is 151 cm³/mol. The highest BCUT2D eigenvalue weighted by Crippen LogP contribution is 2.39. The van der Waals surface area contributed by atoms with Gasteiger partial charge in [0.25, 0.3) is 17.1 Å². The van der Waals surface area contributed by atoms with Gasteiger partial charge in [-0.1, -0.05) is 4.68 Å². The lowest BCUT2D eigenvalue weighted by Gasteiger charge is -2.44. The van der Waals surface area contributed by atoms with Crippen molar-refractivity contribution in [2.24, 2.45) is 28.2 Å². The van der Waals surface area contributed by atoms with E-state index in [2.05, 4.69) is 147 Å². The molecule has 4 aromatic rings. The van der Waals surface area contributed by atoms with E-state index in [-0.39, 0.29) is 6.04 Å². The van der Waals surface area contributed by atoms with Crippen molar-refractivity contribution >= 4 is 0 Å². The molecule has 0 saturated carbocycles. The van der Waals surface area contributed by atoms with E-state index in [0.717, 1.165) is 29.9 Å². The monoisotopic (exact) mass is 525 g/mol. The minimum atomic E-state index is 0.234. The van der Waals surface area contributed by atoms with E-state index in [4.69, 9.17) is 5.10 Å². The van der Waals surface area contributed by atoms with Gasteiger partial charge < -0.3 is 0 Å². The number of rotatable bonds is 4. The molecular weight excluding hydrogens is 482 g/mol. The fourth-order valence-corrected chi connectivity index (χ4v) is 6.07. The Morgan fingerprint density at radius 2 is 1.13 bits per heavy atom. The van der Waals surface area contributed by atoms with Crippen LogP contribution in [0.4, 0.5) is 0 Å². The normalized spacial score (nSPS) is 18.5. The minimum Gasteiger partial charge on any atom is -0.237 e. The standard InChI is InChI=1S/C32H43N7/c1-22-12-10-14-29(34(22)4)31-18-16-25(24(3)36(31)6)27-20-21-28(39(9)38(27)8)26-17-19-32(37(7)33-26)30-15-11-13-23(2)35(30)5/h10-19,27-28H,20-21H2,1-9H3/q+4/t27?,28-/m0/s1. The first-order valence-electron chi connectivity index (χ1n) is 13.8. The summed E-state index contributed by atoms with van der Waals surface area (Å²) in [5.74, 6) is 0. The molecule has 7 heteroatoms. The molecule has 0 aliphatic carbocycles. The van der Waals surface area contributed by atoms with Gasteiger partial charge in [0.1, 0.15) is 26.8 Å². The highest BCUT2D eigenvalue weighted by atomic mass is 15.6. The lowest BCUT2D eigenvalue weighted by Crippen LogP contribution is -2.49. The molecule has 1 unspecified atom stereocenters.